The Bertz CT molecular complexity index is 420. The summed E-state index contributed by atoms with van der Waals surface area (Å²) in [6, 6.07) is 1.71. The molecule has 0 fully saturated rings. The molecule has 1 unspecified atom stereocenters. The predicted octanol–water partition coefficient (Wildman–Crippen LogP) is 0.963. The molecular formula is C10H11BrN2O3. The number of carboxylic acid groups (broad SMARTS) is 1. The van der Waals surface area contributed by atoms with Gasteiger partial charge in [-0.1, -0.05) is 0 Å². The summed E-state index contributed by atoms with van der Waals surface area (Å²) in [5, 5.41) is 9.00. The summed E-state index contributed by atoms with van der Waals surface area (Å²) in [5.41, 5.74) is 4.13. The number of nitrogens with zero attached hydrogens (tertiary/aromatic N) is 1. The molecule has 0 aromatic carbocycles. The molecule has 16 heavy (non-hydrogen) atoms. The van der Waals surface area contributed by atoms with Crippen molar-refractivity contribution in [2.45, 2.75) is 13.3 Å². The Balaban J connectivity index is 3.02. The van der Waals surface area contributed by atoms with Gasteiger partial charge in [-0.15, -0.1) is 0 Å². The van der Waals surface area contributed by atoms with E-state index in [0.717, 1.165) is 4.47 Å². The lowest BCUT2D eigenvalue weighted by atomic mass is 9.83. The van der Waals surface area contributed by atoms with Crippen molar-refractivity contribution in [2.24, 2.45) is 11.1 Å². The van der Waals surface area contributed by atoms with E-state index < -0.39 is 17.3 Å². The third kappa shape index (κ3) is 2.57. The van der Waals surface area contributed by atoms with Gasteiger partial charge < -0.3 is 10.8 Å². The second-order valence-electron chi connectivity index (χ2n) is 3.69. The highest BCUT2D eigenvalue weighted by Gasteiger charge is 2.39. The number of hydrogen-bond donors (Lipinski definition) is 2. The van der Waals surface area contributed by atoms with Crippen molar-refractivity contribution < 1.29 is 14.7 Å². The van der Waals surface area contributed by atoms with Gasteiger partial charge >= 0.3 is 5.97 Å². The van der Waals surface area contributed by atoms with Crippen molar-refractivity contribution >= 4 is 27.8 Å². The molecule has 0 spiro atoms. The summed E-state index contributed by atoms with van der Waals surface area (Å²) < 4.78 is 0.724. The third-order valence-corrected chi connectivity index (χ3v) is 2.77. The summed E-state index contributed by atoms with van der Waals surface area (Å²) in [6.45, 7) is 1.30. The molecule has 6 heteroatoms. The third-order valence-electron chi connectivity index (χ3n) is 2.34. The second kappa shape index (κ2) is 4.61. The number of carbonyl (C=O) groups excluding carboxylic acids is 1. The van der Waals surface area contributed by atoms with Crippen molar-refractivity contribution in [3.05, 3.63) is 28.5 Å². The molecule has 3 N–H and O–H groups in total. The van der Waals surface area contributed by atoms with Crippen molar-refractivity contribution in [3.63, 3.8) is 0 Å². The molecule has 0 radical (unpaired) electrons. The van der Waals surface area contributed by atoms with Gasteiger partial charge in [0.2, 0.25) is 5.91 Å². The average Bonchev–Trinajstić information content (AvgIpc) is 2.16. The van der Waals surface area contributed by atoms with Crippen LogP contribution in [0.2, 0.25) is 0 Å². The normalized spacial score (nSPS) is 14.1. The molecule has 0 aliphatic carbocycles. The quantitative estimate of drug-likeness (QED) is 0.807. The van der Waals surface area contributed by atoms with E-state index >= 15 is 0 Å². The van der Waals surface area contributed by atoms with Crippen molar-refractivity contribution in [1.29, 1.82) is 0 Å². The van der Waals surface area contributed by atoms with Gasteiger partial charge in [0.25, 0.3) is 0 Å². The Morgan fingerprint density at radius 2 is 2.19 bits per heavy atom. The monoisotopic (exact) mass is 286 g/mol. The summed E-state index contributed by atoms with van der Waals surface area (Å²) in [4.78, 5) is 26.1. The number of pyridine rings is 1. The van der Waals surface area contributed by atoms with Gasteiger partial charge in [0.15, 0.2) is 0 Å². The van der Waals surface area contributed by atoms with Gasteiger partial charge in [-0.05, 0) is 40.9 Å². The minimum absolute atomic E-state index is 0.0180. The van der Waals surface area contributed by atoms with Crippen LogP contribution in [0.3, 0.4) is 0 Å². The minimum Gasteiger partial charge on any atom is -0.480 e. The molecular weight excluding hydrogens is 276 g/mol. The van der Waals surface area contributed by atoms with Crippen LogP contribution in [0.4, 0.5) is 0 Å². The van der Waals surface area contributed by atoms with Gasteiger partial charge in [0.1, 0.15) is 5.41 Å². The van der Waals surface area contributed by atoms with E-state index in [0.29, 0.717) is 5.56 Å². The van der Waals surface area contributed by atoms with Crippen molar-refractivity contribution in [1.82, 2.24) is 4.98 Å². The van der Waals surface area contributed by atoms with E-state index in [9.17, 15) is 9.59 Å². The average molecular weight is 287 g/mol. The Labute approximate surface area is 101 Å². The fourth-order valence-corrected chi connectivity index (χ4v) is 1.64. The van der Waals surface area contributed by atoms with Gasteiger partial charge in [-0.25, -0.2) is 0 Å². The summed E-state index contributed by atoms with van der Waals surface area (Å²) in [5.74, 6) is -2.10. The highest BCUT2D eigenvalue weighted by Crippen LogP contribution is 2.23. The number of hydrogen-bond acceptors (Lipinski definition) is 3. The molecule has 0 aliphatic heterocycles. The highest BCUT2D eigenvalue weighted by molar-refractivity contribution is 9.10. The van der Waals surface area contributed by atoms with E-state index in [-0.39, 0.29) is 6.42 Å². The zero-order valence-corrected chi connectivity index (χ0v) is 10.2. The van der Waals surface area contributed by atoms with Crippen LogP contribution in [0.15, 0.2) is 22.9 Å². The maximum atomic E-state index is 11.2. The summed E-state index contributed by atoms with van der Waals surface area (Å²) >= 11 is 3.22. The van der Waals surface area contributed by atoms with E-state index in [2.05, 4.69) is 20.9 Å². The zero-order valence-electron chi connectivity index (χ0n) is 8.61. The Hall–Kier alpha value is -1.43. The second-order valence-corrected chi connectivity index (χ2v) is 4.61. The number of aromatic nitrogens is 1. The van der Waals surface area contributed by atoms with E-state index in [1.807, 2.05) is 0 Å². The maximum Gasteiger partial charge on any atom is 0.319 e. The predicted molar refractivity (Wildman–Crippen MR) is 60.6 cm³/mol. The lowest BCUT2D eigenvalue weighted by Crippen LogP contribution is -2.43. The molecule has 0 aliphatic rings. The lowest BCUT2D eigenvalue weighted by Gasteiger charge is -2.20. The molecule has 0 saturated carbocycles. The summed E-state index contributed by atoms with van der Waals surface area (Å²) in [7, 11) is 0. The molecule has 0 saturated heterocycles. The number of rotatable bonds is 4. The number of amides is 1. The number of aliphatic carboxylic acids is 1. The van der Waals surface area contributed by atoms with E-state index in [1.54, 1.807) is 12.3 Å². The largest absolute Gasteiger partial charge is 0.480 e. The topological polar surface area (TPSA) is 93.3 Å². The molecule has 1 atom stereocenters. The standard InChI is InChI=1S/C10H11BrN2O3/c1-10(8(12)14,9(15)16)3-6-2-7(11)5-13-4-6/h2,4-5H,3H2,1H3,(H2,12,14)(H,15,16). The first-order valence-corrected chi connectivity index (χ1v) is 5.28. The molecule has 86 valence electrons. The molecule has 5 nitrogen and oxygen atoms in total. The van der Waals surface area contributed by atoms with Gasteiger partial charge in [0, 0.05) is 16.9 Å². The number of halogens is 1. The van der Waals surface area contributed by atoms with Crippen LogP contribution in [0.5, 0.6) is 0 Å². The first-order chi connectivity index (χ1) is 7.36. The zero-order chi connectivity index (χ0) is 12.3. The van der Waals surface area contributed by atoms with Crippen LogP contribution in [0.1, 0.15) is 12.5 Å². The van der Waals surface area contributed by atoms with E-state index in [4.69, 9.17) is 10.8 Å². The molecule has 1 amide bonds. The molecule has 1 aromatic rings. The smallest absolute Gasteiger partial charge is 0.319 e. The number of nitrogens with two attached hydrogens (primary N) is 1. The fourth-order valence-electron chi connectivity index (χ4n) is 1.23. The van der Waals surface area contributed by atoms with Gasteiger partial charge in [-0.2, -0.15) is 0 Å². The minimum atomic E-state index is -1.61. The van der Waals surface area contributed by atoms with Crippen molar-refractivity contribution in [3.8, 4) is 0 Å². The Morgan fingerprint density at radius 3 is 2.62 bits per heavy atom. The molecule has 1 aromatic heterocycles. The first-order valence-electron chi connectivity index (χ1n) is 4.49. The Morgan fingerprint density at radius 1 is 1.56 bits per heavy atom. The maximum absolute atomic E-state index is 11.2. The lowest BCUT2D eigenvalue weighted by molar-refractivity contribution is -0.153. The number of primary amides is 1. The van der Waals surface area contributed by atoms with Gasteiger partial charge in [0.05, 0.1) is 0 Å². The van der Waals surface area contributed by atoms with Crippen LogP contribution in [0.25, 0.3) is 0 Å². The van der Waals surface area contributed by atoms with E-state index in [1.165, 1.54) is 13.1 Å². The van der Waals surface area contributed by atoms with Gasteiger partial charge in [-0.3, -0.25) is 14.6 Å². The van der Waals surface area contributed by atoms with Crippen LogP contribution >= 0.6 is 15.9 Å². The first kappa shape index (κ1) is 12.6. The highest BCUT2D eigenvalue weighted by atomic mass is 79.9. The molecule has 1 rings (SSSR count). The number of carboxylic acids is 1. The summed E-state index contributed by atoms with van der Waals surface area (Å²) in [6.07, 6.45) is 3.10. The van der Waals surface area contributed by atoms with Crippen LogP contribution in [-0.2, 0) is 16.0 Å². The van der Waals surface area contributed by atoms with Crippen LogP contribution in [0, 0.1) is 5.41 Å². The fraction of sp³-hybridized carbons (Fsp3) is 0.300. The van der Waals surface area contributed by atoms with Crippen molar-refractivity contribution in [2.75, 3.05) is 0 Å². The molecule has 1 heterocycles. The van der Waals surface area contributed by atoms with Crippen LogP contribution < -0.4 is 5.73 Å². The SMILES string of the molecule is CC(Cc1cncc(Br)c1)(C(N)=O)C(=O)O. The van der Waals surface area contributed by atoms with Crippen LogP contribution in [-0.4, -0.2) is 22.0 Å². The molecule has 0 bridgehead atoms. The number of carbonyl (C=O) groups is 2. The Kier molecular flexibility index (Phi) is 3.64.